The van der Waals surface area contributed by atoms with E-state index in [4.69, 9.17) is 4.98 Å². The molecule has 0 unspecified atom stereocenters. The molecule has 3 rings (SSSR count). The summed E-state index contributed by atoms with van der Waals surface area (Å²) < 4.78 is 1.33. The molecule has 0 radical (unpaired) electrons. The van der Waals surface area contributed by atoms with E-state index < -0.39 is 0 Å². The largest absolute Gasteiger partial charge is 0.297 e. The second-order valence-electron chi connectivity index (χ2n) is 4.92. The predicted molar refractivity (Wildman–Crippen MR) is 73.5 cm³/mol. The van der Waals surface area contributed by atoms with Crippen molar-refractivity contribution in [1.29, 1.82) is 0 Å². The van der Waals surface area contributed by atoms with E-state index in [2.05, 4.69) is 30.0 Å². The summed E-state index contributed by atoms with van der Waals surface area (Å²) in [6.45, 7) is 5.67. The van der Waals surface area contributed by atoms with Gasteiger partial charge in [-0.1, -0.05) is 12.5 Å². The topological polar surface area (TPSA) is 16.1 Å². The molecule has 0 aliphatic carbocycles. The van der Waals surface area contributed by atoms with E-state index in [1.54, 1.807) is 0 Å². The minimum atomic E-state index is 1.04. The van der Waals surface area contributed by atoms with Gasteiger partial charge in [-0.2, -0.15) is 0 Å². The Hall–Kier alpha value is -0.930. The molecule has 1 saturated heterocycles. The lowest BCUT2D eigenvalue weighted by atomic mass is 10.1. The second-order valence-corrected chi connectivity index (χ2v) is 6.03. The molecule has 3 heteroatoms. The van der Waals surface area contributed by atoms with Crippen molar-refractivity contribution in [3.05, 3.63) is 28.8 Å². The third kappa shape index (κ3) is 2.50. The molecule has 1 aliphatic heterocycles. The van der Waals surface area contributed by atoms with Crippen molar-refractivity contribution in [2.24, 2.45) is 0 Å². The number of benzene rings is 1. The fourth-order valence-electron chi connectivity index (χ4n) is 2.46. The van der Waals surface area contributed by atoms with Crippen LogP contribution in [0, 0.1) is 6.92 Å². The number of hydrogen-bond donors (Lipinski definition) is 0. The smallest absolute Gasteiger partial charge is 0.108 e. The Bertz CT molecular complexity index is 512. The first-order chi connectivity index (χ1) is 8.31. The summed E-state index contributed by atoms with van der Waals surface area (Å²) in [6.07, 6.45) is 4.10. The highest BCUT2D eigenvalue weighted by atomic mass is 32.1. The van der Waals surface area contributed by atoms with Crippen LogP contribution in [-0.2, 0) is 6.54 Å². The Morgan fingerprint density at radius 1 is 1.24 bits per heavy atom. The highest BCUT2D eigenvalue weighted by Crippen LogP contribution is 2.24. The Morgan fingerprint density at radius 2 is 2.06 bits per heavy atom. The second kappa shape index (κ2) is 4.75. The third-order valence-electron chi connectivity index (χ3n) is 3.40. The van der Waals surface area contributed by atoms with Crippen molar-refractivity contribution in [3.63, 3.8) is 0 Å². The number of fused-ring (bicyclic) bond motifs is 1. The fourth-order valence-corrected chi connectivity index (χ4v) is 3.56. The Morgan fingerprint density at radius 3 is 2.88 bits per heavy atom. The lowest BCUT2D eigenvalue weighted by Gasteiger charge is -2.25. The van der Waals surface area contributed by atoms with Crippen LogP contribution in [0.15, 0.2) is 18.2 Å². The Labute approximate surface area is 106 Å². The van der Waals surface area contributed by atoms with Crippen LogP contribution >= 0.6 is 11.3 Å². The van der Waals surface area contributed by atoms with E-state index in [1.165, 1.54) is 47.6 Å². The summed E-state index contributed by atoms with van der Waals surface area (Å²) in [4.78, 5) is 7.26. The van der Waals surface area contributed by atoms with E-state index in [-0.39, 0.29) is 0 Å². The van der Waals surface area contributed by atoms with Crippen molar-refractivity contribution in [1.82, 2.24) is 9.88 Å². The molecule has 2 aromatic rings. The zero-order chi connectivity index (χ0) is 11.7. The average Bonchev–Trinajstić information content (AvgIpc) is 2.71. The molecule has 2 nitrogen and oxygen atoms in total. The first-order valence-corrected chi connectivity index (χ1v) is 7.21. The number of nitrogens with zero attached hydrogens (tertiary/aromatic N) is 2. The van der Waals surface area contributed by atoms with Crippen LogP contribution in [-0.4, -0.2) is 23.0 Å². The monoisotopic (exact) mass is 246 g/mol. The number of thiazole rings is 1. The van der Waals surface area contributed by atoms with Gasteiger partial charge in [0.15, 0.2) is 0 Å². The molecule has 0 atom stereocenters. The van der Waals surface area contributed by atoms with Gasteiger partial charge in [-0.25, -0.2) is 4.98 Å². The number of rotatable bonds is 2. The van der Waals surface area contributed by atoms with Gasteiger partial charge in [0.05, 0.1) is 16.8 Å². The van der Waals surface area contributed by atoms with E-state index in [1.807, 2.05) is 11.3 Å². The number of hydrogen-bond acceptors (Lipinski definition) is 3. The molecule has 0 bridgehead atoms. The zero-order valence-electron chi connectivity index (χ0n) is 10.3. The standard InChI is InChI=1S/C14H18N2S/c1-11-5-6-12-13(9-11)17-14(15-12)10-16-7-3-2-4-8-16/h5-6,9H,2-4,7-8,10H2,1H3. The number of piperidine rings is 1. The van der Waals surface area contributed by atoms with Gasteiger partial charge in [-0.3, -0.25) is 4.90 Å². The number of aromatic nitrogens is 1. The third-order valence-corrected chi connectivity index (χ3v) is 4.40. The molecule has 1 fully saturated rings. The molecule has 17 heavy (non-hydrogen) atoms. The summed E-state index contributed by atoms with van der Waals surface area (Å²) in [5.74, 6) is 0. The van der Waals surface area contributed by atoms with Crippen LogP contribution in [0.4, 0.5) is 0 Å². The molecule has 90 valence electrons. The maximum absolute atomic E-state index is 4.72. The summed E-state index contributed by atoms with van der Waals surface area (Å²) in [7, 11) is 0. The van der Waals surface area contributed by atoms with Crippen LogP contribution < -0.4 is 0 Å². The van der Waals surface area contributed by atoms with Crippen molar-refractivity contribution >= 4 is 21.6 Å². The molecular weight excluding hydrogens is 228 g/mol. The molecule has 0 N–H and O–H groups in total. The van der Waals surface area contributed by atoms with Crippen LogP contribution in [0.2, 0.25) is 0 Å². The predicted octanol–water partition coefficient (Wildman–Crippen LogP) is 3.59. The molecule has 0 amide bonds. The first-order valence-electron chi connectivity index (χ1n) is 6.40. The zero-order valence-corrected chi connectivity index (χ0v) is 11.1. The minimum Gasteiger partial charge on any atom is -0.297 e. The van der Waals surface area contributed by atoms with E-state index >= 15 is 0 Å². The molecule has 1 aromatic heterocycles. The van der Waals surface area contributed by atoms with Gasteiger partial charge in [-0.05, 0) is 50.6 Å². The average molecular weight is 246 g/mol. The molecule has 1 aliphatic rings. The van der Waals surface area contributed by atoms with Gasteiger partial charge in [0, 0.05) is 0 Å². The molecule has 1 aromatic carbocycles. The van der Waals surface area contributed by atoms with Crippen molar-refractivity contribution < 1.29 is 0 Å². The van der Waals surface area contributed by atoms with Gasteiger partial charge in [-0.15, -0.1) is 11.3 Å². The van der Waals surface area contributed by atoms with Crippen LogP contribution in [0.5, 0.6) is 0 Å². The van der Waals surface area contributed by atoms with Gasteiger partial charge < -0.3 is 0 Å². The maximum atomic E-state index is 4.72. The fraction of sp³-hybridized carbons (Fsp3) is 0.500. The summed E-state index contributed by atoms with van der Waals surface area (Å²) in [5.41, 5.74) is 2.48. The van der Waals surface area contributed by atoms with Crippen molar-refractivity contribution in [2.45, 2.75) is 32.7 Å². The van der Waals surface area contributed by atoms with Crippen molar-refractivity contribution in [2.75, 3.05) is 13.1 Å². The summed E-state index contributed by atoms with van der Waals surface area (Å²) in [5, 5.41) is 1.27. The van der Waals surface area contributed by atoms with E-state index in [0.29, 0.717) is 0 Å². The van der Waals surface area contributed by atoms with Crippen LogP contribution in [0.3, 0.4) is 0 Å². The minimum absolute atomic E-state index is 1.04. The highest BCUT2D eigenvalue weighted by Gasteiger charge is 2.12. The highest BCUT2D eigenvalue weighted by molar-refractivity contribution is 7.18. The van der Waals surface area contributed by atoms with E-state index in [0.717, 1.165) is 12.1 Å². The molecule has 2 heterocycles. The number of aryl methyl sites for hydroxylation is 1. The van der Waals surface area contributed by atoms with Crippen molar-refractivity contribution in [3.8, 4) is 0 Å². The number of likely N-dealkylation sites (tertiary alicyclic amines) is 1. The molecular formula is C14H18N2S. The normalized spacial score (nSPS) is 17.7. The lowest BCUT2D eigenvalue weighted by Crippen LogP contribution is -2.28. The van der Waals surface area contributed by atoms with Gasteiger partial charge >= 0.3 is 0 Å². The summed E-state index contributed by atoms with van der Waals surface area (Å²) >= 11 is 1.85. The van der Waals surface area contributed by atoms with Crippen LogP contribution in [0.25, 0.3) is 10.2 Å². The molecule has 0 saturated carbocycles. The Kier molecular flexibility index (Phi) is 3.12. The van der Waals surface area contributed by atoms with E-state index in [9.17, 15) is 0 Å². The quantitative estimate of drug-likeness (QED) is 0.805. The van der Waals surface area contributed by atoms with Gasteiger partial charge in [0.2, 0.25) is 0 Å². The lowest BCUT2D eigenvalue weighted by molar-refractivity contribution is 0.221. The maximum Gasteiger partial charge on any atom is 0.108 e. The molecule has 0 spiro atoms. The van der Waals surface area contributed by atoms with Gasteiger partial charge in [0.25, 0.3) is 0 Å². The van der Waals surface area contributed by atoms with Crippen LogP contribution in [0.1, 0.15) is 29.8 Å². The SMILES string of the molecule is Cc1ccc2nc(CN3CCCCC3)sc2c1. The van der Waals surface area contributed by atoms with Gasteiger partial charge in [0.1, 0.15) is 5.01 Å². The first kappa shape index (κ1) is 11.2. The Balaban J connectivity index is 1.80. The summed E-state index contributed by atoms with van der Waals surface area (Å²) in [6, 6.07) is 6.53.